The maximum absolute atomic E-state index is 13.0. The molecule has 35 heavy (non-hydrogen) atoms. The van der Waals surface area contributed by atoms with Gasteiger partial charge in [0.1, 0.15) is 5.82 Å². The molecule has 0 fully saturated rings. The largest absolute Gasteiger partial charge is 0.350 e. The second kappa shape index (κ2) is 9.03. The molecule has 0 aliphatic carbocycles. The minimum absolute atomic E-state index is 0.222. The minimum atomic E-state index is -0.541. The zero-order valence-corrected chi connectivity index (χ0v) is 19.6. The molecule has 174 valence electrons. The Morgan fingerprint density at radius 1 is 1.03 bits per heavy atom. The normalized spacial score (nSPS) is 11.6. The highest BCUT2D eigenvalue weighted by Crippen LogP contribution is 2.24. The number of nitrogens with one attached hydrogen (secondary N) is 1. The molecule has 0 saturated heterocycles. The van der Waals surface area contributed by atoms with E-state index in [1.807, 2.05) is 95.9 Å². The highest BCUT2D eigenvalue weighted by Gasteiger charge is 2.20. The van der Waals surface area contributed by atoms with Crippen molar-refractivity contribution in [1.82, 2.24) is 29.7 Å². The van der Waals surface area contributed by atoms with Crippen LogP contribution in [0.4, 0.5) is 0 Å². The van der Waals surface area contributed by atoms with E-state index < -0.39 is 5.41 Å². The first-order valence-electron chi connectivity index (χ1n) is 11.5. The SMILES string of the molecule is CC(C)(C#N)c1ccc(Cn2nc(C(=O)NCCc3nnc4ccccn34)c3ccccc32)cc1. The molecule has 1 N–H and O–H groups in total. The van der Waals surface area contributed by atoms with Crippen LogP contribution in [0.25, 0.3) is 16.6 Å². The summed E-state index contributed by atoms with van der Waals surface area (Å²) in [7, 11) is 0. The third kappa shape index (κ3) is 4.36. The molecule has 8 heteroatoms. The lowest BCUT2D eigenvalue weighted by molar-refractivity contribution is 0.0949. The zero-order chi connectivity index (χ0) is 24.4. The third-order valence-electron chi connectivity index (χ3n) is 6.18. The maximum atomic E-state index is 13.0. The summed E-state index contributed by atoms with van der Waals surface area (Å²) >= 11 is 0. The van der Waals surface area contributed by atoms with E-state index in [1.54, 1.807) is 0 Å². The van der Waals surface area contributed by atoms with Crippen molar-refractivity contribution < 1.29 is 4.79 Å². The van der Waals surface area contributed by atoms with Crippen LogP contribution in [0, 0.1) is 11.3 Å². The number of hydrogen-bond donors (Lipinski definition) is 1. The lowest BCUT2D eigenvalue weighted by Gasteiger charge is -2.16. The Morgan fingerprint density at radius 2 is 1.80 bits per heavy atom. The smallest absolute Gasteiger partial charge is 0.272 e. The van der Waals surface area contributed by atoms with E-state index >= 15 is 0 Å². The summed E-state index contributed by atoms with van der Waals surface area (Å²) in [5.41, 5.74) is 3.54. The van der Waals surface area contributed by atoms with Crippen molar-refractivity contribution in [2.45, 2.75) is 32.2 Å². The standard InChI is InChI=1S/C27H25N7O/c1-27(2,18-28)20-12-10-19(11-13-20)17-34-22-8-4-3-7-21(22)25(32-34)26(35)29-15-14-24-31-30-23-9-5-6-16-33(23)24/h3-13,16H,14-15,17H2,1-2H3,(H,29,35). The van der Waals surface area contributed by atoms with Crippen LogP contribution < -0.4 is 5.32 Å². The van der Waals surface area contributed by atoms with E-state index in [0.29, 0.717) is 25.2 Å². The number of benzene rings is 2. The number of hydrogen-bond acceptors (Lipinski definition) is 5. The predicted molar refractivity (Wildman–Crippen MR) is 133 cm³/mol. The van der Waals surface area contributed by atoms with Crippen molar-refractivity contribution in [2.75, 3.05) is 6.54 Å². The quantitative estimate of drug-likeness (QED) is 0.394. The van der Waals surface area contributed by atoms with E-state index in [1.165, 1.54) is 0 Å². The van der Waals surface area contributed by atoms with Gasteiger partial charge in [0.2, 0.25) is 0 Å². The summed E-state index contributed by atoms with van der Waals surface area (Å²) in [6.45, 7) is 4.75. The molecule has 0 spiro atoms. The molecule has 0 saturated carbocycles. The van der Waals surface area contributed by atoms with Gasteiger partial charge >= 0.3 is 0 Å². The molecular weight excluding hydrogens is 438 g/mol. The molecular formula is C27H25N7O. The van der Waals surface area contributed by atoms with E-state index in [2.05, 4.69) is 26.7 Å². The summed E-state index contributed by atoms with van der Waals surface area (Å²) in [6, 6.07) is 23.8. The molecule has 3 heterocycles. The number of pyridine rings is 1. The Labute approximate surface area is 202 Å². The van der Waals surface area contributed by atoms with Crippen LogP contribution in [0.1, 0.15) is 41.3 Å². The van der Waals surface area contributed by atoms with Gasteiger partial charge in [0.25, 0.3) is 5.91 Å². The van der Waals surface area contributed by atoms with Gasteiger partial charge in [-0.15, -0.1) is 10.2 Å². The van der Waals surface area contributed by atoms with Crippen LogP contribution in [0.15, 0.2) is 72.9 Å². The summed E-state index contributed by atoms with van der Waals surface area (Å²) in [5, 5.41) is 26.2. The summed E-state index contributed by atoms with van der Waals surface area (Å²) in [5.74, 6) is 0.569. The second-order valence-corrected chi connectivity index (χ2v) is 9.01. The number of rotatable bonds is 7. The fraction of sp³-hybridized carbons (Fsp3) is 0.222. The van der Waals surface area contributed by atoms with Gasteiger partial charge in [-0.1, -0.05) is 48.5 Å². The number of nitriles is 1. The van der Waals surface area contributed by atoms with Gasteiger partial charge in [0.05, 0.1) is 23.5 Å². The van der Waals surface area contributed by atoms with E-state index in [-0.39, 0.29) is 5.91 Å². The number of para-hydroxylation sites is 1. The minimum Gasteiger partial charge on any atom is -0.350 e. The van der Waals surface area contributed by atoms with Crippen molar-refractivity contribution in [3.8, 4) is 6.07 Å². The van der Waals surface area contributed by atoms with Gasteiger partial charge in [-0.25, -0.2) is 0 Å². The fourth-order valence-corrected chi connectivity index (χ4v) is 4.11. The van der Waals surface area contributed by atoms with Gasteiger partial charge in [-0.05, 0) is 43.2 Å². The number of nitrogens with zero attached hydrogens (tertiary/aromatic N) is 6. The lowest BCUT2D eigenvalue weighted by Crippen LogP contribution is -2.27. The second-order valence-electron chi connectivity index (χ2n) is 9.01. The maximum Gasteiger partial charge on any atom is 0.272 e. The fourth-order valence-electron chi connectivity index (χ4n) is 4.11. The summed E-state index contributed by atoms with van der Waals surface area (Å²) in [6.07, 6.45) is 2.47. The molecule has 3 aromatic heterocycles. The number of fused-ring (bicyclic) bond motifs is 2. The third-order valence-corrected chi connectivity index (χ3v) is 6.18. The van der Waals surface area contributed by atoms with Crippen molar-refractivity contribution in [2.24, 2.45) is 0 Å². The Bertz CT molecular complexity index is 1550. The van der Waals surface area contributed by atoms with Crippen LogP contribution in [-0.2, 0) is 18.4 Å². The average molecular weight is 464 g/mol. The predicted octanol–water partition coefficient (Wildman–Crippen LogP) is 3.90. The molecule has 5 aromatic rings. The van der Waals surface area contributed by atoms with Gasteiger partial charge in [0, 0.05) is 24.5 Å². The molecule has 2 aromatic carbocycles. The molecule has 0 aliphatic rings. The molecule has 8 nitrogen and oxygen atoms in total. The van der Waals surface area contributed by atoms with Gasteiger partial charge in [-0.3, -0.25) is 13.9 Å². The highest BCUT2D eigenvalue weighted by atomic mass is 16.1. The topological polar surface area (TPSA) is 101 Å². The highest BCUT2D eigenvalue weighted by molar-refractivity contribution is 6.04. The molecule has 0 atom stereocenters. The Morgan fingerprint density at radius 3 is 2.60 bits per heavy atom. The van der Waals surface area contributed by atoms with Crippen LogP contribution in [0.3, 0.4) is 0 Å². The summed E-state index contributed by atoms with van der Waals surface area (Å²) in [4.78, 5) is 13.0. The Balaban J connectivity index is 1.33. The first kappa shape index (κ1) is 22.3. The average Bonchev–Trinajstić information content (AvgIpc) is 3.46. The van der Waals surface area contributed by atoms with Gasteiger partial charge in [0.15, 0.2) is 11.3 Å². The molecule has 5 rings (SSSR count). The van der Waals surface area contributed by atoms with Crippen molar-refractivity contribution in [1.29, 1.82) is 5.26 Å². The molecule has 1 amide bonds. The number of carbonyl (C=O) groups excluding carboxylic acids is 1. The van der Waals surface area contributed by atoms with Crippen molar-refractivity contribution >= 4 is 22.5 Å². The monoisotopic (exact) mass is 463 g/mol. The van der Waals surface area contributed by atoms with E-state index in [0.717, 1.165) is 33.5 Å². The number of amides is 1. The van der Waals surface area contributed by atoms with Gasteiger partial charge < -0.3 is 5.32 Å². The van der Waals surface area contributed by atoms with Crippen LogP contribution in [0.2, 0.25) is 0 Å². The summed E-state index contributed by atoms with van der Waals surface area (Å²) < 4.78 is 3.76. The first-order chi connectivity index (χ1) is 17.0. The van der Waals surface area contributed by atoms with Crippen LogP contribution >= 0.6 is 0 Å². The lowest BCUT2D eigenvalue weighted by atomic mass is 9.86. The van der Waals surface area contributed by atoms with Crippen LogP contribution in [-0.4, -0.2) is 36.8 Å². The van der Waals surface area contributed by atoms with Crippen molar-refractivity contribution in [3.05, 3.63) is 95.6 Å². The molecule has 0 radical (unpaired) electrons. The zero-order valence-electron chi connectivity index (χ0n) is 19.6. The molecule has 0 bridgehead atoms. The van der Waals surface area contributed by atoms with Crippen molar-refractivity contribution in [3.63, 3.8) is 0 Å². The Kier molecular flexibility index (Phi) is 5.75. The van der Waals surface area contributed by atoms with Gasteiger partial charge in [-0.2, -0.15) is 10.4 Å². The number of carbonyl (C=O) groups is 1. The first-order valence-corrected chi connectivity index (χ1v) is 11.5. The Hall–Kier alpha value is -4.51. The van der Waals surface area contributed by atoms with E-state index in [9.17, 15) is 10.1 Å². The molecule has 0 aliphatic heterocycles. The molecule has 0 unspecified atom stereocenters. The number of aromatic nitrogens is 5. The van der Waals surface area contributed by atoms with E-state index in [4.69, 9.17) is 0 Å². The van der Waals surface area contributed by atoms with Crippen LogP contribution in [0.5, 0.6) is 0 Å².